The predicted octanol–water partition coefficient (Wildman–Crippen LogP) is -2.27. The fraction of sp³-hybridized carbons (Fsp3) is 1.00. The lowest BCUT2D eigenvalue weighted by Crippen LogP contribution is -2.57. The summed E-state index contributed by atoms with van der Waals surface area (Å²) in [5.41, 5.74) is 0. The summed E-state index contributed by atoms with van der Waals surface area (Å²) in [4.78, 5) is 0. The van der Waals surface area contributed by atoms with Crippen LogP contribution >= 0.6 is 0 Å². The van der Waals surface area contributed by atoms with E-state index >= 15 is 0 Å². The molecule has 0 amide bonds. The van der Waals surface area contributed by atoms with Gasteiger partial charge in [-0.3, -0.25) is 26.6 Å². The van der Waals surface area contributed by atoms with E-state index in [0.717, 1.165) is 29.6 Å². The molecule has 0 spiro atoms. The summed E-state index contributed by atoms with van der Waals surface area (Å²) in [5, 5.41) is 18.6. The lowest BCUT2D eigenvalue weighted by atomic mass is 9.90. The van der Waals surface area contributed by atoms with Crippen molar-refractivity contribution in [1.29, 1.82) is 0 Å². The van der Waals surface area contributed by atoms with Crippen molar-refractivity contribution in [2.75, 3.05) is 0 Å². The van der Waals surface area contributed by atoms with E-state index in [0.29, 0.717) is 30.8 Å². The molecule has 5 heteroatoms. The third-order valence-corrected chi connectivity index (χ3v) is 5.94. The first-order chi connectivity index (χ1) is 7.42. The molecule has 6 rings (SSSR count). The van der Waals surface area contributed by atoms with Crippen LogP contribution in [0, 0.1) is 29.6 Å². The van der Waals surface area contributed by atoms with Crippen LogP contribution < -0.4 is 26.6 Å². The first-order valence-electron chi connectivity index (χ1n) is 6.22. The Morgan fingerprint density at radius 1 is 0.333 bits per heavy atom. The smallest absolute Gasteiger partial charge is 0.0632 e. The minimum absolute atomic E-state index is 0.572. The Bertz CT molecular complexity index is 272. The van der Waals surface area contributed by atoms with Crippen molar-refractivity contribution in [2.45, 2.75) is 30.8 Å². The maximum Gasteiger partial charge on any atom is 0.0632 e. The van der Waals surface area contributed by atoms with Crippen LogP contribution in [0.2, 0.25) is 0 Å². The van der Waals surface area contributed by atoms with Gasteiger partial charge in [-0.1, -0.05) is 0 Å². The van der Waals surface area contributed by atoms with E-state index in [9.17, 15) is 0 Å². The molecule has 1 aliphatic carbocycles. The molecule has 0 unspecified atom stereocenters. The quantitative estimate of drug-likeness (QED) is 0.309. The van der Waals surface area contributed by atoms with Crippen molar-refractivity contribution < 1.29 is 0 Å². The molecule has 0 aromatic rings. The summed E-state index contributed by atoms with van der Waals surface area (Å²) in [6, 6.07) is 0. The fourth-order valence-electron chi connectivity index (χ4n) is 5.82. The minimum Gasteiger partial charge on any atom is -0.286 e. The average molecular weight is 205 g/mol. The van der Waals surface area contributed by atoms with Crippen LogP contribution in [0.4, 0.5) is 0 Å². The number of hydrogen-bond acceptors (Lipinski definition) is 5. The van der Waals surface area contributed by atoms with E-state index in [1.54, 1.807) is 0 Å². The van der Waals surface area contributed by atoms with E-state index in [2.05, 4.69) is 26.6 Å². The normalized spacial score (nSPS) is 80.0. The molecule has 0 aromatic carbocycles. The second-order valence-corrected chi connectivity index (χ2v) is 6.11. The molecule has 5 saturated heterocycles. The van der Waals surface area contributed by atoms with E-state index in [4.69, 9.17) is 0 Å². The third-order valence-electron chi connectivity index (χ3n) is 5.94. The van der Waals surface area contributed by atoms with Gasteiger partial charge in [0, 0.05) is 0 Å². The second kappa shape index (κ2) is 1.87. The highest BCUT2D eigenvalue weighted by Crippen LogP contribution is 2.63. The Hall–Kier alpha value is -0.200. The van der Waals surface area contributed by atoms with Gasteiger partial charge in [0.15, 0.2) is 0 Å². The molecular weight excluding hydrogens is 190 g/mol. The van der Waals surface area contributed by atoms with Gasteiger partial charge in [-0.2, -0.15) is 0 Å². The molecule has 0 radical (unpaired) electrons. The van der Waals surface area contributed by atoms with Gasteiger partial charge >= 0.3 is 0 Å². The highest BCUT2D eigenvalue weighted by Gasteiger charge is 2.75. The van der Waals surface area contributed by atoms with Gasteiger partial charge in [-0.25, -0.2) is 0 Å². The Labute approximate surface area is 87.7 Å². The van der Waals surface area contributed by atoms with E-state index < -0.39 is 0 Å². The summed E-state index contributed by atoms with van der Waals surface area (Å²) in [6.45, 7) is 0. The lowest BCUT2D eigenvalue weighted by Gasteiger charge is -2.23. The summed E-state index contributed by atoms with van der Waals surface area (Å²) >= 11 is 0. The molecule has 5 N–H and O–H groups in total. The minimum atomic E-state index is 0.572. The largest absolute Gasteiger partial charge is 0.286 e. The highest BCUT2D eigenvalue weighted by atomic mass is 15.5. The Morgan fingerprint density at radius 3 is 0.733 bits per heavy atom. The van der Waals surface area contributed by atoms with Gasteiger partial charge in [0.1, 0.15) is 0 Å². The molecule has 5 nitrogen and oxygen atoms in total. The molecule has 0 atom stereocenters. The third kappa shape index (κ3) is 0.537. The highest BCUT2D eigenvalue weighted by molar-refractivity contribution is 5.26. The monoisotopic (exact) mass is 205 g/mol. The lowest BCUT2D eigenvalue weighted by molar-refractivity contribution is 0.325. The fourth-order valence-corrected chi connectivity index (χ4v) is 5.82. The standard InChI is InChI=1S/C10H15N5/c11-6-1-2-4-5-3(1)8(12-6)14-10(5)15-9(4)13-7(2)11/h1-15H. The van der Waals surface area contributed by atoms with Crippen LogP contribution in [0.25, 0.3) is 0 Å². The number of hydrogen-bond donors (Lipinski definition) is 5. The second-order valence-electron chi connectivity index (χ2n) is 6.11. The molecule has 1 saturated carbocycles. The predicted molar refractivity (Wildman–Crippen MR) is 52.1 cm³/mol. The molecule has 15 heavy (non-hydrogen) atoms. The van der Waals surface area contributed by atoms with Gasteiger partial charge < -0.3 is 0 Å². The van der Waals surface area contributed by atoms with E-state index in [-0.39, 0.29) is 0 Å². The average Bonchev–Trinajstić information content (AvgIpc) is 2.85. The van der Waals surface area contributed by atoms with Crippen molar-refractivity contribution in [1.82, 2.24) is 26.6 Å². The Kier molecular flexibility index (Phi) is 0.895. The van der Waals surface area contributed by atoms with Crippen LogP contribution in [-0.2, 0) is 0 Å². The SMILES string of the molecule is N1C2NC3NC4NC5NC1C1C2C3C4C51. The van der Waals surface area contributed by atoms with Crippen molar-refractivity contribution in [3.05, 3.63) is 0 Å². The molecule has 0 aromatic heterocycles. The van der Waals surface area contributed by atoms with Crippen LogP contribution in [0.3, 0.4) is 0 Å². The van der Waals surface area contributed by atoms with Crippen molar-refractivity contribution >= 4 is 0 Å². The summed E-state index contributed by atoms with van der Waals surface area (Å²) in [7, 11) is 0. The number of rotatable bonds is 0. The maximum atomic E-state index is 3.71. The van der Waals surface area contributed by atoms with Gasteiger partial charge in [-0.05, 0) is 29.6 Å². The van der Waals surface area contributed by atoms with Crippen molar-refractivity contribution in [2.24, 2.45) is 29.6 Å². The van der Waals surface area contributed by atoms with Crippen LogP contribution in [0.1, 0.15) is 0 Å². The number of nitrogens with one attached hydrogen (secondary N) is 5. The molecule has 5 heterocycles. The molecule has 0 bridgehead atoms. The van der Waals surface area contributed by atoms with Crippen LogP contribution in [0.5, 0.6) is 0 Å². The molecule has 80 valence electrons. The summed E-state index contributed by atoms with van der Waals surface area (Å²) < 4.78 is 0. The molecular formula is C10H15N5. The first kappa shape index (κ1) is 7.19. The van der Waals surface area contributed by atoms with E-state index in [1.165, 1.54) is 0 Å². The zero-order valence-corrected chi connectivity index (χ0v) is 8.27. The van der Waals surface area contributed by atoms with Gasteiger partial charge in [0.25, 0.3) is 0 Å². The van der Waals surface area contributed by atoms with Crippen LogP contribution in [0.15, 0.2) is 0 Å². The van der Waals surface area contributed by atoms with Crippen molar-refractivity contribution in [3.8, 4) is 0 Å². The molecule has 6 aliphatic rings. The maximum absolute atomic E-state index is 3.71. The summed E-state index contributed by atoms with van der Waals surface area (Å²) in [6.07, 6.45) is 2.86. The zero-order valence-electron chi connectivity index (χ0n) is 8.27. The van der Waals surface area contributed by atoms with Gasteiger partial charge in [-0.15, -0.1) is 0 Å². The zero-order chi connectivity index (χ0) is 9.31. The first-order valence-corrected chi connectivity index (χ1v) is 6.22. The summed E-state index contributed by atoms with van der Waals surface area (Å²) in [5.74, 6) is 4.41. The molecule has 6 fully saturated rings. The molecule has 5 aliphatic heterocycles. The van der Waals surface area contributed by atoms with Gasteiger partial charge in [0.2, 0.25) is 0 Å². The van der Waals surface area contributed by atoms with Crippen LogP contribution in [-0.4, -0.2) is 30.8 Å². The topological polar surface area (TPSA) is 60.1 Å². The van der Waals surface area contributed by atoms with E-state index in [1.807, 2.05) is 0 Å². The Balaban J connectivity index is 1.65. The van der Waals surface area contributed by atoms with Gasteiger partial charge in [0.05, 0.1) is 30.8 Å². The van der Waals surface area contributed by atoms with Crippen molar-refractivity contribution in [3.63, 3.8) is 0 Å². The Morgan fingerprint density at radius 2 is 0.533 bits per heavy atom.